The van der Waals surface area contributed by atoms with E-state index in [1.54, 1.807) is 7.11 Å². The maximum atomic E-state index is 10.6. The fourth-order valence-corrected chi connectivity index (χ4v) is 4.07. The van der Waals surface area contributed by atoms with Gasteiger partial charge in [0.25, 0.3) is 0 Å². The number of aliphatic hydroxyl groups excluding tert-OH is 4. The lowest BCUT2D eigenvalue weighted by molar-refractivity contribution is -0.231. The molecule has 1 aliphatic heterocycles. The van der Waals surface area contributed by atoms with E-state index < -0.39 is 37.1 Å². The average Bonchev–Trinajstić information content (AvgIpc) is 3.10. The third-order valence-corrected chi connectivity index (χ3v) is 5.78. The summed E-state index contributed by atoms with van der Waals surface area (Å²) in [7, 11) is 1.63. The van der Waals surface area contributed by atoms with Crippen LogP contribution in [0.15, 0.2) is 48.7 Å². The van der Waals surface area contributed by atoms with Crippen LogP contribution in [0.4, 0.5) is 0 Å². The third-order valence-electron chi connectivity index (χ3n) is 5.78. The van der Waals surface area contributed by atoms with Crippen molar-refractivity contribution in [3.05, 3.63) is 65.4 Å². The number of methoxy groups -OCH3 is 1. The first kappa shape index (κ1) is 20.8. The average molecular weight is 413 g/mol. The van der Waals surface area contributed by atoms with E-state index in [0.717, 1.165) is 27.8 Å². The normalized spacial score (nSPS) is 26.8. The maximum Gasteiger partial charge on any atom is 0.118 e. The van der Waals surface area contributed by atoms with E-state index in [9.17, 15) is 20.4 Å². The number of ether oxygens (including phenoxy) is 2. The summed E-state index contributed by atoms with van der Waals surface area (Å²) in [6.45, 7) is 2.16. The summed E-state index contributed by atoms with van der Waals surface area (Å²) in [4.78, 5) is 0. The van der Waals surface area contributed by atoms with Crippen molar-refractivity contribution in [3.63, 3.8) is 0 Å². The molecule has 4 N–H and O–H groups in total. The summed E-state index contributed by atoms with van der Waals surface area (Å²) in [6.07, 6.45) is -4.02. The van der Waals surface area contributed by atoms with Gasteiger partial charge in [-0.2, -0.15) is 0 Å². The highest BCUT2D eigenvalue weighted by atomic mass is 16.5. The zero-order valence-corrected chi connectivity index (χ0v) is 17.0. The van der Waals surface area contributed by atoms with Gasteiger partial charge in [-0.05, 0) is 36.2 Å². The summed E-state index contributed by atoms with van der Waals surface area (Å²) >= 11 is 0. The standard InChI is InChI=1S/C23H27NO6/c1-13-3-8-16-17(23-22(28)21(27)20(26)19(12-25)30-23)11-24(18(16)9-13)10-14-4-6-15(29-2)7-5-14/h3-9,11,19-23,25-28H,10,12H2,1-2H3/t19-,20-,21+,22-,23+/m1/s1. The van der Waals surface area contributed by atoms with E-state index in [1.165, 1.54) is 0 Å². The SMILES string of the molecule is COc1ccc(Cn2cc([C@@H]3O[C@H](CO)[C@@H](O)[C@H](O)[C@H]3O)c3ccc(C)cc32)cc1. The first-order chi connectivity index (χ1) is 14.4. The molecular weight excluding hydrogens is 386 g/mol. The highest BCUT2D eigenvalue weighted by molar-refractivity contribution is 5.85. The van der Waals surface area contributed by atoms with Gasteiger partial charge in [0.15, 0.2) is 0 Å². The van der Waals surface area contributed by atoms with Gasteiger partial charge in [-0.25, -0.2) is 0 Å². The van der Waals surface area contributed by atoms with Gasteiger partial charge in [-0.3, -0.25) is 0 Å². The summed E-state index contributed by atoms with van der Waals surface area (Å²) in [5, 5.41) is 41.4. The number of hydrogen-bond donors (Lipinski definition) is 4. The second-order valence-corrected chi connectivity index (χ2v) is 7.83. The van der Waals surface area contributed by atoms with Crippen LogP contribution < -0.4 is 4.74 Å². The van der Waals surface area contributed by atoms with Crippen LogP contribution in [0.5, 0.6) is 5.75 Å². The predicted octanol–water partition coefficient (Wildman–Crippen LogP) is 1.52. The minimum atomic E-state index is -1.41. The molecule has 1 fully saturated rings. The monoisotopic (exact) mass is 413 g/mol. The van der Waals surface area contributed by atoms with Crippen molar-refractivity contribution in [1.82, 2.24) is 4.57 Å². The summed E-state index contributed by atoms with van der Waals surface area (Å²) in [5.41, 5.74) is 3.85. The van der Waals surface area contributed by atoms with Gasteiger partial charge in [-0.15, -0.1) is 0 Å². The molecule has 0 saturated carbocycles. The fourth-order valence-electron chi connectivity index (χ4n) is 4.07. The fraction of sp³-hybridized carbons (Fsp3) is 0.391. The molecular formula is C23H27NO6. The Hall–Kier alpha value is -2.42. The van der Waals surface area contributed by atoms with E-state index in [-0.39, 0.29) is 0 Å². The number of aryl methyl sites for hydroxylation is 1. The number of hydrogen-bond acceptors (Lipinski definition) is 6. The van der Waals surface area contributed by atoms with E-state index in [4.69, 9.17) is 9.47 Å². The Labute approximate surface area is 174 Å². The molecule has 1 aliphatic rings. The quantitative estimate of drug-likeness (QED) is 0.506. The molecule has 4 rings (SSSR count). The molecule has 7 nitrogen and oxygen atoms in total. The smallest absolute Gasteiger partial charge is 0.118 e. The van der Waals surface area contributed by atoms with Crippen LogP contribution in [-0.4, -0.2) is 63.1 Å². The lowest BCUT2D eigenvalue weighted by atomic mass is 9.91. The summed E-state index contributed by atoms with van der Waals surface area (Å²) < 4.78 is 13.1. The van der Waals surface area contributed by atoms with Crippen LogP contribution in [0.1, 0.15) is 22.8 Å². The highest BCUT2D eigenvalue weighted by Gasteiger charge is 2.44. The molecule has 30 heavy (non-hydrogen) atoms. The van der Waals surface area contributed by atoms with Crippen molar-refractivity contribution >= 4 is 10.9 Å². The van der Waals surface area contributed by atoms with Gasteiger partial charge in [0.2, 0.25) is 0 Å². The van der Waals surface area contributed by atoms with Gasteiger partial charge in [-0.1, -0.05) is 24.3 Å². The maximum absolute atomic E-state index is 10.6. The third kappa shape index (κ3) is 3.71. The predicted molar refractivity (Wildman–Crippen MR) is 111 cm³/mol. The largest absolute Gasteiger partial charge is 0.497 e. The van der Waals surface area contributed by atoms with Gasteiger partial charge in [0.1, 0.15) is 36.3 Å². The molecule has 0 radical (unpaired) electrons. The van der Waals surface area contributed by atoms with E-state index in [1.807, 2.05) is 49.5 Å². The summed E-state index contributed by atoms with van der Waals surface area (Å²) in [5.74, 6) is 0.786. The zero-order chi connectivity index (χ0) is 21.4. The lowest BCUT2D eigenvalue weighted by Gasteiger charge is -2.40. The van der Waals surface area contributed by atoms with E-state index >= 15 is 0 Å². The Morgan fingerprint density at radius 3 is 2.40 bits per heavy atom. The number of aliphatic hydroxyl groups is 4. The first-order valence-electron chi connectivity index (χ1n) is 9.95. The first-order valence-corrected chi connectivity index (χ1v) is 9.95. The summed E-state index contributed by atoms with van der Waals surface area (Å²) in [6, 6.07) is 13.8. The number of benzene rings is 2. The second-order valence-electron chi connectivity index (χ2n) is 7.83. The Balaban J connectivity index is 1.75. The highest BCUT2D eigenvalue weighted by Crippen LogP contribution is 2.37. The van der Waals surface area contributed by atoms with Crippen molar-refractivity contribution in [2.75, 3.05) is 13.7 Å². The molecule has 0 aliphatic carbocycles. The molecule has 1 saturated heterocycles. The van der Waals surface area contributed by atoms with Crippen LogP contribution in [0, 0.1) is 6.92 Å². The number of fused-ring (bicyclic) bond motifs is 1. The van der Waals surface area contributed by atoms with Gasteiger partial charge < -0.3 is 34.5 Å². The Kier molecular flexibility index (Phi) is 5.81. The molecule has 7 heteroatoms. The Morgan fingerprint density at radius 2 is 1.73 bits per heavy atom. The molecule has 3 aromatic rings. The molecule has 160 valence electrons. The molecule has 2 aromatic carbocycles. The van der Waals surface area contributed by atoms with Crippen LogP contribution in [0.25, 0.3) is 10.9 Å². The van der Waals surface area contributed by atoms with Gasteiger partial charge in [0.05, 0.1) is 13.7 Å². The van der Waals surface area contributed by atoms with Gasteiger partial charge >= 0.3 is 0 Å². The number of nitrogens with zero attached hydrogens (tertiary/aromatic N) is 1. The van der Waals surface area contributed by atoms with E-state index in [2.05, 4.69) is 10.6 Å². The van der Waals surface area contributed by atoms with Gasteiger partial charge in [0, 0.05) is 29.2 Å². The Bertz CT molecular complexity index is 1010. The van der Waals surface area contributed by atoms with E-state index in [0.29, 0.717) is 12.1 Å². The van der Waals surface area contributed by atoms with Crippen molar-refractivity contribution in [2.24, 2.45) is 0 Å². The molecule has 5 atom stereocenters. The van der Waals surface area contributed by atoms with Crippen LogP contribution in [0.2, 0.25) is 0 Å². The second kappa shape index (κ2) is 8.37. The van der Waals surface area contributed by atoms with Crippen LogP contribution in [0.3, 0.4) is 0 Å². The topological polar surface area (TPSA) is 104 Å². The minimum Gasteiger partial charge on any atom is -0.497 e. The Morgan fingerprint density at radius 1 is 1.00 bits per heavy atom. The van der Waals surface area contributed by atoms with Crippen molar-refractivity contribution < 1.29 is 29.9 Å². The molecule has 1 aromatic heterocycles. The molecule has 2 heterocycles. The number of aromatic nitrogens is 1. The van der Waals surface area contributed by atoms with Crippen molar-refractivity contribution in [2.45, 2.75) is 44.0 Å². The zero-order valence-electron chi connectivity index (χ0n) is 17.0. The lowest BCUT2D eigenvalue weighted by Crippen LogP contribution is -2.55. The van der Waals surface area contributed by atoms with Crippen molar-refractivity contribution in [3.8, 4) is 5.75 Å². The minimum absolute atomic E-state index is 0.453. The number of rotatable bonds is 5. The molecule has 0 spiro atoms. The molecule has 0 amide bonds. The van der Waals surface area contributed by atoms with Crippen LogP contribution in [-0.2, 0) is 11.3 Å². The molecule has 0 unspecified atom stereocenters. The molecule has 0 bridgehead atoms. The van der Waals surface area contributed by atoms with Crippen molar-refractivity contribution in [1.29, 1.82) is 0 Å². The van der Waals surface area contributed by atoms with Crippen LogP contribution >= 0.6 is 0 Å².